The van der Waals surface area contributed by atoms with Gasteiger partial charge in [-0.05, 0) is 50.1 Å². The van der Waals surface area contributed by atoms with Crippen LogP contribution >= 0.6 is 15.9 Å². The molecule has 1 N–H and O–H groups in total. The van der Waals surface area contributed by atoms with E-state index < -0.39 is 0 Å². The first-order valence-corrected chi connectivity index (χ1v) is 9.92. The molecule has 0 atom stereocenters. The van der Waals surface area contributed by atoms with Crippen LogP contribution in [0.1, 0.15) is 29.0 Å². The zero-order chi connectivity index (χ0) is 19.0. The van der Waals surface area contributed by atoms with Crippen molar-refractivity contribution in [3.63, 3.8) is 0 Å². The van der Waals surface area contributed by atoms with E-state index in [0.29, 0.717) is 5.69 Å². The number of nitrogens with zero attached hydrogens (tertiary/aromatic N) is 4. The van der Waals surface area contributed by atoms with Gasteiger partial charge in [-0.3, -0.25) is 9.48 Å². The van der Waals surface area contributed by atoms with E-state index >= 15 is 0 Å². The molecule has 7 heteroatoms. The van der Waals surface area contributed by atoms with E-state index in [1.54, 1.807) is 4.68 Å². The number of rotatable bonds is 3. The Morgan fingerprint density at radius 2 is 1.93 bits per heavy atom. The van der Waals surface area contributed by atoms with Crippen molar-refractivity contribution in [1.29, 1.82) is 0 Å². The van der Waals surface area contributed by atoms with Crippen molar-refractivity contribution >= 4 is 38.6 Å². The maximum atomic E-state index is 12.4. The molecular formula is C20H22BrN5O. The molecule has 27 heavy (non-hydrogen) atoms. The summed E-state index contributed by atoms with van der Waals surface area (Å²) in [6.45, 7) is 3.69. The van der Waals surface area contributed by atoms with Gasteiger partial charge in [-0.2, -0.15) is 5.10 Å². The van der Waals surface area contributed by atoms with E-state index in [9.17, 15) is 4.79 Å². The number of hydrogen-bond acceptors (Lipinski definition) is 4. The molecule has 140 valence electrons. The fraction of sp³-hybridized carbons (Fsp3) is 0.350. The van der Waals surface area contributed by atoms with Gasteiger partial charge in [-0.1, -0.05) is 22.0 Å². The summed E-state index contributed by atoms with van der Waals surface area (Å²) in [5.74, 6) is 0.900. The van der Waals surface area contributed by atoms with Gasteiger partial charge in [0.15, 0.2) is 0 Å². The van der Waals surface area contributed by atoms with E-state index in [-0.39, 0.29) is 11.9 Å². The monoisotopic (exact) mass is 427 g/mol. The van der Waals surface area contributed by atoms with Crippen LogP contribution in [0.2, 0.25) is 0 Å². The van der Waals surface area contributed by atoms with Gasteiger partial charge in [0.05, 0.1) is 5.52 Å². The van der Waals surface area contributed by atoms with Crippen LogP contribution < -0.4 is 10.2 Å². The average molecular weight is 428 g/mol. The van der Waals surface area contributed by atoms with E-state index in [4.69, 9.17) is 4.98 Å². The lowest BCUT2D eigenvalue weighted by atomic mass is 10.0. The van der Waals surface area contributed by atoms with Gasteiger partial charge in [0.2, 0.25) is 0 Å². The van der Waals surface area contributed by atoms with Gasteiger partial charge in [0.25, 0.3) is 5.91 Å². The summed E-state index contributed by atoms with van der Waals surface area (Å²) in [5, 5.41) is 8.51. The Hall–Kier alpha value is -2.41. The molecule has 3 aromatic rings. The molecular weight excluding hydrogens is 406 g/mol. The molecule has 0 aliphatic carbocycles. The third-order valence-electron chi connectivity index (χ3n) is 5.14. The molecule has 1 aliphatic rings. The number of carbonyl (C=O) groups excluding carboxylic acids is 1. The van der Waals surface area contributed by atoms with Gasteiger partial charge in [-0.15, -0.1) is 0 Å². The number of pyridine rings is 1. The molecule has 1 amide bonds. The number of halogens is 1. The topological polar surface area (TPSA) is 63.1 Å². The van der Waals surface area contributed by atoms with Gasteiger partial charge in [-0.25, -0.2) is 4.98 Å². The predicted molar refractivity (Wildman–Crippen MR) is 110 cm³/mol. The van der Waals surface area contributed by atoms with Crippen molar-refractivity contribution in [3.8, 4) is 0 Å². The van der Waals surface area contributed by atoms with E-state index in [1.165, 1.54) is 0 Å². The second-order valence-electron chi connectivity index (χ2n) is 7.04. The van der Waals surface area contributed by atoms with Crippen molar-refractivity contribution in [2.45, 2.75) is 25.8 Å². The lowest BCUT2D eigenvalue weighted by Crippen LogP contribution is -2.45. The lowest BCUT2D eigenvalue weighted by Gasteiger charge is -2.33. The van der Waals surface area contributed by atoms with Gasteiger partial charge in [0.1, 0.15) is 11.5 Å². The number of hydrogen-bond donors (Lipinski definition) is 1. The Balaban J connectivity index is 1.39. The number of benzene rings is 1. The van der Waals surface area contributed by atoms with Crippen LogP contribution in [0.4, 0.5) is 5.82 Å². The van der Waals surface area contributed by atoms with Crippen molar-refractivity contribution < 1.29 is 4.79 Å². The summed E-state index contributed by atoms with van der Waals surface area (Å²) in [6.07, 6.45) is 1.80. The molecule has 2 aromatic heterocycles. The zero-order valence-electron chi connectivity index (χ0n) is 15.4. The molecule has 6 nitrogen and oxygen atoms in total. The molecule has 0 saturated carbocycles. The summed E-state index contributed by atoms with van der Waals surface area (Å²) in [5.41, 5.74) is 2.45. The second-order valence-corrected chi connectivity index (χ2v) is 7.95. The first-order chi connectivity index (χ1) is 13.0. The second kappa shape index (κ2) is 7.31. The minimum absolute atomic E-state index is 0.0918. The van der Waals surface area contributed by atoms with E-state index in [0.717, 1.165) is 52.8 Å². The van der Waals surface area contributed by atoms with Gasteiger partial charge in [0, 0.05) is 41.7 Å². The molecule has 1 aliphatic heterocycles. The lowest BCUT2D eigenvalue weighted by molar-refractivity contribution is 0.0925. The first kappa shape index (κ1) is 18.0. The number of fused-ring (bicyclic) bond motifs is 1. The van der Waals surface area contributed by atoms with Gasteiger partial charge >= 0.3 is 0 Å². The molecule has 4 rings (SSSR count). The Labute approximate surface area is 166 Å². The number of amides is 1. The Kier molecular flexibility index (Phi) is 4.86. The van der Waals surface area contributed by atoms with E-state index in [2.05, 4.69) is 49.4 Å². The van der Waals surface area contributed by atoms with Gasteiger partial charge < -0.3 is 10.2 Å². The zero-order valence-corrected chi connectivity index (χ0v) is 17.0. The highest BCUT2D eigenvalue weighted by atomic mass is 79.9. The number of carbonyl (C=O) groups is 1. The summed E-state index contributed by atoms with van der Waals surface area (Å²) >= 11 is 3.51. The van der Waals surface area contributed by atoms with Crippen LogP contribution in [0.25, 0.3) is 10.9 Å². The minimum atomic E-state index is -0.0918. The summed E-state index contributed by atoms with van der Waals surface area (Å²) < 4.78 is 2.76. The number of anilines is 1. The number of aromatic nitrogens is 3. The predicted octanol–water partition coefficient (Wildman–Crippen LogP) is 3.44. The highest BCUT2D eigenvalue weighted by Crippen LogP contribution is 2.24. The fourth-order valence-electron chi connectivity index (χ4n) is 3.44. The third-order valence-corrected chi connectivity index (χ3v) is 5.63. The summed E-state index contributed by atoms with van der Waals surface area (Å²) in [6, 6.07) is 12.3. The number of piperidine rings is 1. The van der Waals surface area contributed by atoms with Crippen molar-refractivity contribution in [3.05, 3.63) is 52.3 Å². The molecule has 0 radical (unpaired) electrons. The smallest absolute Gasteiger partial charge is 0.272 e. The van der Waals surface area contributed by atoms with Crippen LogP contribution in [0, 0.1) is 6.92 Å². The highest BCUT2D eigenvalue weighted by Gasteiger charge is 2.23. The molecule has 1 aromatic carbocycles. The van der Waals surface area contributed by atoms with Crippen LogP contribution in [-0.4, -0.2) is 39.8 Å². The van der Waals surface area contributed by atoms with Crippen LogP contribution in [-0.2, 0) is 7.05 Å². The standard InChI is InChI=1S/C20H22BrN5O/c1-13-11-18(24-25(13)2)20(27)22-16-7-9-26(10-8-16)19-6-4-14-3-5-15(21)12-17(14)23-19/h3-6,11-12,16H,7-10H2,1-2H3,(H,22,27). The Morgan fingerprint density at radius 3 is 2.63 bits per heavy atom. The quantitative estimate of drug-likeness (QED) is 0.695. The highest BCUT2D eigenvalue weighted by molar-refractivity contribution is 9.10. The summed E-state index contributed by atoms with van der Waals surface area (Å²) in [7, 11) is 1.85. The molecule has 1 saturated heterocycles. The minimum Gasteiger partial charge on any atom is -0.356 e. The maximum absolute atomic E-state index is 12.4. The Bertz CT molecular complexity index is 972. The average Bonchev–Trinajstić information content (AvgIpc) is 3.00. The maximum Gasteiger partial charge on any atom is 0.272 e. The van der Waals surface area contributed by atoms with Crippen molar-refractivity contribution in [1.82, 2.24) is 20.1 Å². The van der Waals surface area contributed by atoms with Crippen LogP contribution in [0.5, 0.6) is 0 Å². The molecule has 0 spiro atoms. The van der Waals surface area contributed by atoms with Crippen LogP contribution in [0.3, 0.4) is 0 Å². The largest absolute Gasteiger partial charge is 0.356 e. The molecule has 0 bridgehead atoms. The molecule has 1 fully saturated rings. The number of nitrogens with one attached hydrogen (secondary N) is 1. The van der Waals surface area contributed by atoms with Crippen molar-refractivity contribution in [2.75, 3.05) is 18.0 Å². The SMILES string of the molecule is Cc1cc(C(=O)NC2CCN(c3ccc4ccc(Br)cc4n3)CC2)nn1C. The summed E-state index contributed by atoms with van der Waals surface area (Å²) in [4.78, 5) is 19.5. The van der Waals surface area contributed by atoms with Crippen LogP contribution in [0.15, 0.2) is 40.9 Å². The van der Waals surface area contributed by atoms with E-state index in [1.807, 2.05) is 32.2 Å². The molecule has 3 heterocycles. The Morgan fingerprint density at radius 1 is 1.19 bits per heavy atom. The first-order valence-electron chi connectivity index (χ1n) is 9.12. The normalized spacial score (nSPS) is 15.3. The fourth-order valence-corrected chi connectivity index (χ4v) is 3.79. The number of aryl methyl sites for hydroxylation is 2. The third kappa shape index (κ3) is 3.83. The van der Waals surface area contributed by atoms with Crippen molar-refractivity contribution in [2.24, 2.45) is 7.05 Å². The molecule has 0 unspecified atom stereocenters.